The normalized spacial score (nSPS) is 10.8. The minimum absolute atomic E-state index is 0.150. The molecule has 0 bridgehead atoms. The molecule has 0 aliphatic rings. The molecule has 2 rings (SSSR count). The molecule has 0 fully saturated rings. The first-order valence-corrected chi connectivity index (χ1v) is 6.61. The molecule has 0 saturated carbocycles. The Balaban J connectivity index is 2.47. The van der Waals surface area contributed by atoms with E-state index in [1.54, 1.807) is 6.92 Å². The van der Waals surface area contributed by atoms with Crippen molar-refractivity contribution in [2.45, 2.75) is 33.4 Å². The minimum atomic E-state index is -0.265. The van der Waals surface area contributed by atoms with Gasteiger partial charge < -0.3 is 4.74 Å². The molecule has 0 saturated heterocycles. The van der Waals surface area contributed by atoms with Crippen LogP contribution in [0.1, 0.15) is 20.3 Å². The Morgan fingerprint density at radius 1 is 1.37 bits per heavy atom. The van der Waals surface area contributed by atoms with Gasteiger partial charge in [-0.15, -0.1) is 0 Å². The van der Waals surface area contributed by atoms with Gasteiger partial charge in [-0.1, -0.05) is 19.1 Å². The zero-order valence-corrected chi connectivity index (χ0v) is 11.4. The van der Waals surface area contributed by atoms with E-state index in [9.17, 15) is 4.79 Å². The first-order chi connectivity index (χ1) is 9.19. The predicted octanol–water partition coefficient (Wildman–Crippen LogP) is 1.48. The Labute approximate surface area is 112 Å². The van der Waals surface area contributed by atoms with Gasteiger partial charge >= 0.3 is 11.9 Å². The van der Waals surface area contributed by atoms with Crippen molar-refractivity contribution in [3.8, 4) is 0 Å². The number of anilines is 1. The Bertz CT molecular complexity index is 590. The molecular formula is C14H20N3O2+. The second-order valence-corrected chi connectivity index (χ2v) is 4.39. The fourth-order valence-electron chi connectivity index (χ4n) is 2.27. The molecule has 0 atom stereocenters. The van der Waals surface area contributed by atoms with Crippen molar-refractivity contribution in [1.29, 1.82) is 0 Å². The highest BCUT2D eigenvalue weighted by molar-refractivity contribution is 5.75. The van der Waals surface area contributed by atoms with Crippen molar-refractivity contribution in [3.05, 3.63) is 24.3 Å². The van der Waals surface area contributed by atoms with Crippen molar-refractivity contribution < 1.29 is 14.1 Å². The second-order valence-electron chi connectivity index (χ2n) is 4.39. The van der Waals surface area contributed by atoms with Crippen LogP contribution in [0, 0.1) is 0 Å². The first-order valence-electron chi connectivity index (χ1n) is 6.61. The van der Waals surface area contributed by atoms with Crippen molar-refractivity contribution in [3.63, 3.8) is 0 Å². The Kier molecular flexibility index (Phi) is 4.04. The molecule has 0 spiro atoms. The van der Waals surface area contributed by atoms with E-state index >= 15 is 0 Å². The third kappa shape index (κ3) is 2.54. The number of hydrogen-bond donors (Lipinski definition) is 1. The number of rotatable bonds is 5. The molecular weight excluding hydrogens is 242 g/mol. The third-order valence-corrected chi connectivity index (χ3v) is 3.06. The zero-order valence-electron chi connectivity index (χ0n) is 11.4. The van der Waals surface area contributed by atoms with Gasteiger partial charge in [0, 0.05) is 0 Å². The van der Waals surface area contributed by atoms with E-state index in [0.29, 0.717) is 12.6 Å². The van der Waals surface area contributed by atoms with Gasteiger partial charge in [-0.2, -0.15) is 0 Å². The van der Waals surface area contributed by atoms with Crippen LogP contribution in [0.25, 0.3) is 11.0 Å². The van der Waals surface area contributed by atoms with E-state index in [1.807, 2.05) is 33.4 Å². The smallest absolute Gasteiger partial charge is 0.356 e. The van der Waals surface area contributed by atoms with Gasteiger partial charge in [-0.3, -0.25) is 5.73 Å². The number of carbonyl (C=O) groups excluding carboxylic acids is 1. The number of carbonyl (C=O) groups is 1. The van der Waals surface area contributed by atoms with Crippen LogP contribution < -0.4 is 10.3 Å². The van der Waals surface area contributed by atoms with E-state index < -0.39 is 0 Å². The van der Waals surface area contributed by atoms with Crippen LogP contribution in [0.4, 0.5) is 5.95 Å². The summed E-state index contributed by atoms with van der Waals surface area (Å²) in [5, 5.41) is 0. The van der Waals surface area contributed by atoms with Crippen LogP contribution in [0.2, 0.25) is 0 Å². The van der Waals surface area contributed by atoms with Crippen molar-refractivity contribution >= 4 is 23.0 Å². The van der Waals surface area contributed by atoms with Crippen LogP contribution in [0.5, 0.6) is 0 Å². The average Bonchev–Trinajstić information content (AvgIpc) is 2.66. The number of aromatic nitrogens is 2. The molecule has 1 aromatic heterocycles. The topological polar surface area (TPSA) is 61.1 Å². The van der Waals surface area contributed by atoms with E-state index in [-0.39, 0.29) is 12.5 Å². The van der Waals surface area contributed by atoms with Crippen LogP contribution in [-0.2, 0) is 22.6 Å². The molecule has 19 heavy (non-hydrogen) atoms. The van der Waals surface area contributed by atoms with Crippen molar-refractivity contribution in [2.24, 2.45) is 0 Å². The number of ether oxygens (including phenoxy) is 1. The van der Waals surface area contributed by atoms with Crippen LogP contribution in [0.3, 0.4) is 0 Å². The van der Waals surface area contributed by atoms with E-state index in [4.69, 9.17) is 10.5 Å². The molecule has 5 heteroatoms. The number of imidazole rings is 1. The highest BCUT2D eigenvalue weighted by atomic mass is 16.5. The van der Waals surface area contributed by atoms with Gasteiger partial charge in [-0.25, -0.2) is 13.9 Å². The number of hydrogen-bond acceptors (Lipinski definition) is 3. The minimum Gasteiger partial charge on any atom is -0.464 e. The zero-order chi connectivity index (χ0) is 13.8. The molecule has 0 unspecified atom stereocenters. The highest BCUT2D eigenvalue weighted by Gasteiger charge is 2.22. The third-order valence-electron chi connectivity index (χ3n) is 3.06. The molecule has 0 aliphatic carbocycles. The SMILES string of the molecule is CCCn1c(N)[n+](CC(=O)OCC)c2ccccc21. The summed E-state index contributed by atoms with van der Waals surface area (Å²) in [5.41, 5.74) is 8.17. The van der Waals surface area contributed by atoms with Gasteiger partial charge in [0.2, 0.25) is 0 Å². The summed E-state index contributed by atoms with van der Waals surface area (Å²) in [7, 11) is 0. The van der Waals surface area contributed by atoms with E-state index in [0.717, 1.165) is 24.0 Å². The second kappa shape index (κ2) is 5.73. The Hall–Kier alpha value is -2.04. The van der Waals surface area contributed by atoms with Gasteiger partial charge in [0.1, 0.15) is 11.0 Å². The summed E-state index contributed by atoms with van der Waals surface area (Å²) in [4.78, 5) is 11.7. The number of nitrogens with two attached hydrogens (primary N) is 1. The van der Waals surface area contributed by atoms with E-state index in [1.165, 1.54) is 0 Å². The van der Waals surface area contributed by atoms with Gasteiger partial charge in [0.05, 0.1) is 13.2 Å². The molecule has 0 radical (unpaired) electrons. The number of esters is 1. The average molecular weight is 262 g/mol. The maximum Gasteiger partial charge on any atom is 0.356 e. The van der Waals surface area contributed by atoms with Crippen LogP contribution in [-0.4, -0.2) is 17.1 Å². The highest BCUT2D eigenvalue weighted by Crippen LogP contribution is 2.16. The molecule has 1 aromatic carbocycles. The largest absolute Gasteiger partial charge is 0.464 e. The lowest BCUT2D eigenvalue weighted by Crippen LogP contribution is -2.41. The summed E-state index contributed by atoms with van der Waals surface area (Å²) >= 11 is 0. The lowest BCUT2D eigenvalue weighted by Gasteiger charge is -2.02. The molecule has 1 heterocycles. The van der Waals surface area contributed by atoms with E-state index in [2.05, 4.69) is 6.92 Å². The summed E-state index contributed by atoms with van der Waals surface area (Å²) in [6.45, 7) is 5.27. The number of nitrogen functional groups attached to an aromatic ring is 1. The van der Waals surface area contributed by atoms with Crippen molar-refractivity contribution in [2.75, 3.05) is 12.3 Å². The number of aryl methyl sites for hydroxylation is 1. The molecule has 0 aliphatic heterocycles. The van der Waals surface area contributed by atoms with Crippen LogP contribution in [0.15, 0.2) is 24.3 Å². The Morgan fingerprint density at radius 2 is 2.11 bits per heavy atom. The summed E-state index contributed by atoms with van der Waals surface area (Å²) in [6, 6.07) is 7.91. The molecule has 102 valence electrons. The maximum atomic E-state index is 11.7. The number of benzene rings is 1. The lowest BCUT2D eigenvalue weighted by molar-refractivity contribution is -0.646. The van der Waals surface area contributed by atoms with Crippen molar-refractivity contribution in [1.82, 2.24) is 4.57 Å². The standard InChI is InChI=1S/C14H19N3O2/c1-3-9-16-11-7-5-6-8-12(11)17(14(16)15)10-13(18)19-4-2/h5-8,15H,3-4,9-10H2,1-2H3/p+1. The fourth-order valence-corrected chi connectivity index (χ4v) is 2.27. The molecule has 2 aromatic rings. The molecule has 5 nitrogen and oxygen atoms in total. The Morgan fingerprint density at radius 3 is 2.79 bits per heavy atom. The first kappa shape index (κ1) is 13.4. The molecule has 2 N–H and O–H groups in total. The fraction of sp³-hybridized carbons (Fsp3) is 0.429. The lowest BCUT2D eigenvalue weighted by atomic mass is 10.3. The predicted molar refractivity (Wildman–Crippen MR) is 73.5 cm³/mol. The summed E-state index contributed by atoms with van der Waals surface area (Å²) < 4.78 is 8.84. The quantitative estimate of drug-likeness (QED) is 0.656. The van der Waals surface area contributed by atoms with Gasteiger partial charge in [0.25, 0.3) is 0 Å². The van der Waals surface area contributed by atoms with Gasteiger partial charge in [0.15, 0.2) is 6.54 Å². The number of para-hydroxylation sites is 2. The number of fused-ring (bicyclic) bond motifs is 1. The van der Waals surface area contributed by atoms with Gasteiger partial charge in [-0.05, 0) is 25.5 Å². The number of nitrogens with zero attached hydrogens (tertiary/aromatic N) is 2. The summed E-state index contributed by atoms with van der Waals surface area (Å²) in [5.74, 6) is 0.328. The summed E-state index contributed by atoms with van der Waals surface area (Å²) in [6.07, 6.45) is 0.988. The van der Waals surface area contributed by atoms with Crippen LogP contribution >= 0.6 is 0 Å². The monoisotopic (exact) mass is 262 g/mol. The molecule has 0 amide bonds. The maximum absolute atomic E-state index is 11.7.